The summed E-state index contributed by atoms with van der Waals surface area (Å²) in [6.07, 6.45) is 6.88. The number of hydrogen-bond donors (Lipinski definition) is 0. The lowest BCUT2D eigenvalue weighted by Gasteiger charge is -2.08. The van der Waals surface area contributed by atoms with Crippen LogP contribution in [0.4, 0.5) is 0 Å². The fraction of sp³-hybridized carbons (Fsp3) is 0.800. The normalized spacial score (nSPS) is 14.3. The van der Waals surface area contributed by atoms with Gasteiger partial charge >= 0.3 is 0 Å². The summed E-state index contributed by atoms with van der Waals surface area (Å²) in [7, 11) is 2.40. The minimum absolute atomic E-state index is 0.722. The Morgan fingerprint density at radius 1 is 1.18 bits per heavy atom. The Morgan fingerprint density at radius 2 is 1.82 bits per heavy atom. The van der Waals surface area contributed by atoms with Crippen molar-refractivity contribution >= 4 is 7.28 Å². The molecule has 0 aliphatic rings. The standard InChI is InChI=1S/C10H20B/c1-5-6-7-8-10(4)11-9(2)3/h6-7,9-10H,5,8H2,1-4H3. The molecule has 1 unspecified atom stereocenters. The minimum atomic E-state index is 0.722. The first-order valence-corrected chi connectivity index (χ1v) is 4.66. The predicted molar refractivity (Wildman–Crippen MR) is 54.3 cm³/mol. The zero-order chi connectivity index (χ0) is 8.69. The Morgan fingerprint density at radius 3 is 2.27 bits per heavy atom. The van der Waals surface area contributed by atoms with Gasteiger partial charge < -0.3 is 0 Å². The van der Waals surface area contributed by atoms with E-state index in [-0.39, 0.29) is 0 Å². The van der Waals surface area contributed by atoms with Crippen LogP contribution in [0.1, 0.15) is 40.5 Å². The van der Waals surface area contributed by atoms with Crippen molar-refractivity contribution < 1.29 is 0 Å². The van der Waals surface area contributed by atoms with Crippen LogP contribution < -0.4 is 0 Å². The van der Waals surface area contributed by atoms with E-state index in [1.807, 2.05) is 0 Å². The number of rotatable bonds is 5. The smallest absolute Gasteiger partial charge is 0.0890 e. The van der Waals surface area contributed by atoms with Gasteiger partial charge in [-0.15, -0.1) is 0 Å². The van der Waals surface area contributed by atoms with Crippen molar-refractivity contribution in [3.05, 3.63) is 12.2 Å². The van der Waals surface area contributed by atoms with Gasteiger partial charge in [-0.05, 0) is 12.8 Å². The van der Waals surface area contributed by atoms with Gasteiger partial charge in [-0.3, -0.25) is 0 Å². The first kappa shape index (κ1) is 10.8. The van der Waals surface area contributed by atoms with Crippen molar-refractivity contribution in [2.24, 2.45) is 0 Å². The van der Waals surface area contributed by atoms with Crippen molar-refractivity contribution in [1.82, 2.24) is 0 Å². The molecule has 0 aliphatic carbocycles. The summed E-state index contributed by atoms with van der Waals surface area (Å²) in [5, 5.41) is 0. The Labute approximate surface area is 72.3 Å². The van der Waals surface area contributed by atoms with Gasteiger partial charge in [0.2, 0.25) is 0 Å². The van der Waals surface area contributed by atoms with Crippen molar-refractivity contribution in [2.45, 2.75) is 52.2 Å². The Kier molecular flexibility index (Phi) is 6.40. The highest BCUT2D eigenvalue weighted by atomic mass is 13.9. The molecule has 0 spiro atoms. The topological polar surface area (TPSA) is 0 Å². The highest BCUT2D eigenvalue weighted by Gasteiger charge is 2.03. The minimum Gasteiger partial charge on any atom is -0.0890 e. The van der Waals surface area contributed by atoms with E-state index in [0.29, 0.717) is 0 Å². The van der Waals surface area contributed by atoms with Crippen LogP contribution in [-0.4, -0.2) is 7.28 Å². The lowest BCUT2D eigenvalue weighted by atomic mass is 9.56. The second-order valence-corrected chi connectivity index (χ2v) is 3.53. The van der Waals surface area contributed by atoms with Gasteiger partial charge in [0.15, 0.2) is 0 Å². The molecule has 0 amide bonds. The molecule has 63 valence electrons. The van der Waals surface area contributed by atoms with Crippen LogP contribution >= 0.6 is 0 Å². The van der Waals surface area contributed by atoms with Crippen LogP contribution in [0.15, 0.2) is 12.2 Å². The van der Waals surface area contributed by atoms with Gasteiger partial charge in [0, 0.05) is 0 Å². The Balaban J connectivity index is 3.36. The van der Waals surface area contributed by atoms with Crippen molar-refractivity contribution in [3.8, 4) is 0 Å². The van der Waals surface area contributed by atoms with Gasteiger partial charge in [0.25, 0.3) is 0 Å². The fourth-order valence-electron chi connectivity index (χ4n) is 1.21. The molecule has 0 N–H and O–H groups in total. The second kappa shape index (κ2) is 6.51. The van der Waals surface area contributed by atoms with Gasteiger partial charge in [-0.1, -0.05) is 51.5 Å². The first-order valence-electron chi connectivity index (χ1n) is 4.66. The third kappa shape index (κ3) is 7.70. The third-order valence-electron chi connectivity index (χ3n) is 1.62. The molecule has 0 aromatic rings. The highest BCUT2D eigenvalue weighted by molar-refractivity contribution is 6.39. The van der Waals surface area contributed by atoms with E-state index >= 15 is 0 Å². The van der Waals surface area contributed by atoms with E-state index < -0.39 is 0 Å². The first-order chi connectivity index (χ1) is 5.16. The lowest BCUT2D eigenvalue weighted by molar-refractivity contribution is 0.895. The van der Waals surface area contributed by atoms with Crippen molar-refractivity contribution in [1.29, 1.82) is 0 Å². The van der Waals surface area contributed by atoms with Crippen molar-refractivity contribution in [3.63, 3.8) is 0 Å². The molecule has 0 fully saturated rings. The Bertz CT molecular complexity index is 105. The quantitative estimate of drug-likeness (QED) is 0.415. The summed E-state index contributed by atoms with van der Waals surface area (Å²) >= 11 is 0. The highest BCUT2D eigenvalue weighted by Crippen LogP contribution is 2.15. The largest absolute Gasteiger partial charge is 0.117 e. The molecule has 0 bridgehead atoms. The van der Waals surface area contributed by atoms with E-state index in [1.165, 1.54) is 6.42 Å². The van der Waals surface area contributed by atoms with Crippen LogP contribution in [0, 0.1) is 0 Å². The maximum atomic E-state index is 2.40. The lowest BCUT2D eigenvalue weighted by Crippen LogP contribution is -2.01. The molecular formula is C10H20B. The van der Waals surface area contributed by atoms with Crippen LogP contribution in [0.2, 0.25) is 11.6 Å². The fourth-order valence-corrected chi connectivity index (χ4v) is 1.21. The van der Waals surface area contributed by atoms with Gasteiger partial charge in [-0.2, -0.15) is 0 Å². The molecule has 0 nitrogen and oxygen atoms in total. The molecule has 0 aromatic carbocycles. The summed E-state index contributed by atoms with van der Waals surface area (Å²) in [6.45, 7) is 8.92. The molecule has 0 saturated heterocycles. The van der Waals surface area contributed by atoms with Gasteiger partial charge in [-0.25, -0.2) is 0 Å². The predicted octanol–water partition coefficient (Wildman–Crippen LogP) is 3.68. The zero-order valence-electron chi connectivity index (χ0n) is 8.30. The third-order valence-corrected chi connectivity index (χ3v) is 1.62. The average Bonchev–Trinajstić information content (AvgIpc) is 1.86. The van der Waals surface area contributed by atoms with Gasteiger partial charge in [0.05, 0.1) is 0 Å². The van der Waals surface area contributed by atoms with E-state index in [0.717, 1.165) is 18.1 Å². The SMILES string of the molecule is CCC=CCC(C)[B]C(C)C. The molecule has 0 aromatic heterocycles. The molecule has 1 atom stereocenters. The summed E-state index contributed by atoms with van der Waals surface area (Å²) in [5.74, 6) is 1.46. The number of hydrogen-bond acceptors (Lipinski definition) is 0. The summed E-state index contributed by atoms with van der Waals surface area (Å²) in [4.78, 5) is 0. The molecule has 11 heavy (non-hydrogen) atoms. The second-order valence-electron chi connectivity index (χ2n) is 3.53. The Hall–Kier alpha value is -0.195. The van der Waals surface area contributed by atoms with Crippen LogP contribution in [0.5, 0.6) is 0 Å². The van der Waals surface area contributed by atoms with Crippen LogP contribution in [-0.2, 0) is 0 Å². The molecule has 0 saturated carbocycles. The van der Waals surface area contributed by atoms with Gasteiger partial charge in [0.1, 0.15) is 7.28 Å². The van der Waals surface area contributed by atoms with Crippen LogP contribution in [0.25, 0.3) is 0 Å². The van der Waals surface area contributed by atoms with Crippen molar-refractivity contribution in [2.75, 3.05) is 0 Å². The maximum absolute atomic E-state index is 2.40. The van der Waals surface area contributed by atoms with E-state index in [2.05, 4.69) is 47.1 Å². The summed E-state index contributed by atoms with van der Waals surface area (Å²) in [5.41, 5.74) is 0. The van der Waals surface area contributed by atoms with Crippen LogP contribution in [0.3, 0.4) is 0 Å². The maximum Gasteiger partial charge on any atom is 0.117 e. The van der Waals surface area contributed by atoms with E-state index in [1.54, 1.807) is 0 Å². The molecular weight excluding hydrogens is 131 g/mol. The summed E-state index contributed by atoms with van der Waals surface area (Å²) < 4.78 is 0. The molecule has 1 heteroatoms. The molecule has 0 rings (SSSR count). The number of allylic oxidation sites excluding steroid dienone is 2. The average molecular weight is 151 g/mol. The van der Waals surface area contributed by atoms with E-state index in [9.17, 15) is 0 Å². The zero-order valence-corrected chi connectivity index (χ0v) is 8.30. The molecule has 0 aliphatic heterocycles. The summed E-state index contributed by atoms with van der Waals surface area (Å²) in [6, 6.07) is 0. The molecule has 1 radical (unpaired) electrons. The monoisotopic (exact) mass is 151 g/mol. The van der Waals surface area contributed by atoms with E-state index in [4.69, 9.17) is 0 Å². The molecule has 0 heterocycles.